The van der Waals surface area contributed by atoms with Gasteiger partial charge in [-0.2, -0.15) is 0 Å². The minimum absolute atomic E-state index is 0.335. The lowest BCUT2D eigenvalue weighted by Crippen LogP contribution is -2.01. The van der Waals surface area contributed by atoms with Gasteiger partial charge in [-0.1, -0.05) is 57.3 Å². The van der Waals surface area contributed by atoms with Crippen molar-refractivity contribution in [2.45, 2.75) is 13.2 Å². The molecule has 0 heterocycles. The summed E-state index contributed by atoms with van der Waals surface area (Å²) >= 11 is 15.8. The van der Waals surface area contributed by atoms with Gasteiger partial charge in [0.05, 0.1) is 0 Å². The van der Waals surface area contributed by atoms with Crippen LogP contribution in [0.4, 0.5) is 5.69 Å². The number of hydrogen-bond acceptors (Lipinski definition) is 2. The Morgan fingerprint density at radius 2 is 1.56 bits per heavy atom. The Labute approximate surface area is 165 Å². The highest BCUT2D eigenvalue weighted by Gasteiger charge is 2.06. The van der Waals surface area contributed by atoms with Gasteiger partial charge in [0.25, 0.3) is 0 Å². The predicted molar refractivity (Wildman–Crippen MR) is 109 cm³/mol. The lowest BCUT2D eigenvalue weighted by atomic mass is 10.2. The lowest BCUT2D eigenvalue weighted by molar-refractivity contribution is 0.306. The van der Waals surface area contributed by atoms with Crippen molar-refractivity contribution in [3.63, 3.8) is 0 Å². The van der Waals surface area contributed by atoms with E-state index in [0.29, 0.717) is 23.2 Å². The zero-order valence-corrected chi connectivity index (χ0v) is 16.4. The normalized spacial score (nSPS) is 10.5. The van der Waals surface area contributed by atoms with Crippen LogP contribution in [-0.2, 0) is 13.2 Å². The number of nitrogens with one attached hydrogen (secondary N) is 1. The summed E-state index contributed by atoms with van der Waals surface area (Å²) in [5, 5.41) is 4.61. The maximum atomic E-state index is 6.18. The van der Waals surface area contributed by atoms with E-state index in [4.69, 9.17) is 27.9 Å². The van der Waals surface area contributed by atoms with Gasteiger partial charge in [0, 0.05) is 32.3 Å². The Kier molecular flexibility index (Phi) is 6.24. The number of ether oxygens (including phenoxy) is 1. The van der Waals surface area contributed by atoms with Gasteiger partial charge in [-0.05, 0) is 54.1 Å². The Bertz CT molecular complexity index is 832. The van der Waals surface area contributed by atoms with Crippen LogP contribution in [0.5, 0.6) is 5.75 Å². The monoisotopic (exact) mass is 435 g/mol. The molecule has 25 heavy (non-hydrogen) atoms. The topological polar surface area (TPSA) is 21.3 Å². The van der Waals surface area contributed by atoms with Gasteiger partial charge in [0.15, 0.2) is 0 Å². The third-order valence-electron chi connectivity index (χ3n) is 3.68. The van der Waals surface area contributed by atoms with Crippen LogP contribution >= 0.6 is 39.1 Å². The second-order valence-corrected chi connectivity index (χ2v) is 7.23. The molecule has 0 spiro atoms. The van der Waals surface area contributed by atoms with Crippen LogP contribution in [0, 0.1) is 0 Å². The van der Waals surface area contributed by atoms with E-state index in [1.54, 1.807) is 0 Å². The number of rotatable bonds is 6. The van der Waals surface area contributed by atoms with Gasteiger partial charge >= 0.3 is 0 Å². The molecule has 0 saturated carbocycles. The molecule has 1 N–H and O–H groups in total. The maximum absolute atomic E-state index is 6.18. The minimum Gasteiger partial charge on any atom is -0.489 e. The van der Waals surface area contributed by atoms with E-state index in [2.05, 4.69) is 27.3 Å². The van der Waals surface area contributed by atoms with Gasteiger partial charge in [-0.15, -0.1) is 0 Å². The molecule has 0 amide bonds. The van der Waals surface area contributed by atoms with Crippen LogP contribution in [0.25, 0.3) is 0 Å². The van der Waals surface area contributed by atoms with E-state index in [9.17, 15) is 0 Å². The fourth-order valence-corrected chi connectivity index (χ4v) is 3.11. The van der Waals surface area contributed by atoms with E-state index in [0.717, 1.165) is 27.0 Å². The highest BCUT2D eigenvalue weighted by Crippen LogP contribution is 2.26. The number of anilines is 1. The van der Waals surface area contributed by atoms with Crippen molar-refractivity contribution in [2.24, 2.45) is 0 Å². The molecule has 3 rings (SSSR count). The smallest absolute Gasteiger partial charge is 0.120 e. The fraction of sp³-hybridized carbons (Fsp3) is 0.100. The summed E-state index contributed by atoms with van der Waals surface area (Å²) in [6.45, 7) is 1.05. The molecule has 0 radical (unpaired) electrons. The molecule has 0 aliphatic carbocycles. The third kappa shape index (κ3) is 5.15. The van der Waals surface area contributed by atoms with Crippen molar-refractivity contribution in [1.82, 2.24) is 0 Å². The standard InChI is InChI=1S/C20H16BrCl2NO/c21-15-7-9-16(10-8-15)24-12-14-3-1-4-17(11-14)25-13-18-19(22)5-2-6-20(18)23/h1-11,24H,12-13H2. The van der Waals surface area contributed by atoms with E-state index in [1.807, 2.05) is 60.7 Å². The summed E-state index contributed by atoms with van der Waals surface area (Å²) in [6, 6.07) is 21.5. The largest absolute Gasteiger partial charge is 0.489 e. The molecule has 3 aromatic carbocycles. The van der Waals surface area contributed by atoms with Gasteiger partial charge in [-0.3, -0.25) is 0 Å². The van der Waals surface area contributed by atoms with Crippen LogP contribution in [0.3, 0.4) is 0 Å². The van der Waals surface area contributed by atoms with Gasteiger partial charge in [0.2, 0.25) is 0 Å². The number of halogens is 3. The molecule has 3 aromatic rings. The lowest BCUT2D eigenvalue weighted by Gasteiger charge is -2.11. The quantitative estimate of drug-likeness (QED) is 0.451. The molecule has 5 heteroatoms. The van der Waals surface area contributed by atoms with Crippen LogP contribution in [-0.4, -0.2) is 0 Å². The average Bonchev–Trinajstić information content (AvgIpc) is 2.61. The molecule has 0 bridgehead atoms. The molecule has 0 aliphatic heterocycles. The number of benzene rings is 3. The van der Waals surface area contributed by atoms with Crippen molar-refractivity contribution < 1.29 is 4.74 Å². The van der Waals surface area contributed by atoms with Crippen LogP contribution in [0.15, 0.2) is 71.2 Å². The second-order valence-electron chi connectivity index (χ2n) is 5.50. The fourth-order valence-electron chi connectivity index (χ4n) is 2.34. The molecule has 0 atom stereocenters. The highest BCUT2D eigenvalue weighted by atomic mass is 79.9. The molecule has 128 valence electrons. The molecule has 0 saturated heterocycles. The predicted octanol–water partition coefficient (Wildman–Crippen LogP) is 6.95. The first-order valence-electron chi connectivity index (χ1n) is 7.76. The summed E-state index contributed by atoms with van der Waals surface area (Å²) in [4.78, 5) is 0. The third-order valence-corrected chi connectivity index (χ3v) is 4.92. The zero-order valence-electron chi connectivity index (χ0n) is 13.3. The van der Waals surface area contributed by atoms with Crippen LogP contribution in [0.2, 0.25) is 10.0 Å². The zero-order chi connectivity index (χ0) is 17.6. The summed E-state index contributed by atoms with van der Waals surface area (Å²) in [7, 11) is 0. The Morgan fingerprint density at radius 3 is 2.28 bits per heavy atom. The summed E-state index contributed by atoms with van der Waals surface area (Å²) in [5.74, 6) is 0.783. The average molecular weight is 437 g/mol. The first-order valence-corrected chi connectivity index (χ1v) is 9.31. The minimum atomic E-state index is 0.335. The number of hydrogen-bond donors (Lipinski definition) is 1. The van der Waals surface area contributed by atoms with Crippen molar-refractivity contribution in [1.29, 1.82) is 0 Å². The van der Waals surface area contributed by atoms with Gasteiger partial charge in [0.1, 0.15) is 12.4 Å². The molecule has 0 aliphatic rings. The van der Waals surface area contributed by atoms with E-state index >= 15 is 0 Å². The van der Waals surface area contributed by atoms with Crippen LogP contribution in [0.1, 0.15) is 11.1 Å². The first kappa shape index (κ1) is 18.1. The van der Waals surface area contributed by atoms with E-state index in [1.165, 1.54) is 0 Å². The van der Waals surface area contributed by atoms with Crippen molar-refractivity contribution in [3.05, 3.63) is 92.4 Å². The van der Waals surface area contributed by atoms with Gasteiger partial charge < -0.3 is 10.1 Å². The molecule has 0 fully saturated rings. The Hall–Kier alpha value is -1.68. The molecule has 0 unspecified atom stereocenters. The van der Waals surface area contributed by atoms with Crippen molar-refractivity contribution in [3.8, 4) is 5.75 Å². The molecule has 0 aromatic heterocycles. The maximum Gasteiger partial charge on any atom is 0.120 e. The Morgan fingerprint density at radius 1 is 0.880 bits per heavy atom. The van der Waals surface area contributed by atoms with Crippen molar-refractivity contribution >= 4 is 44.8 Å². The Balaban J connectivity index is 1.62. The van der Waals surface area contributed by atoms with Crippen LogP contribution < -0.4 is 10.1 Å². The molecular formula is C20H16BrCl2NO. The SMILES string of the molecule is Clc1cccc(Cl)c1COc1cccc(CNc2ccc(Br)cc2)c1. The van der Waals surface area contributed by atoms with Crippen molar-refractivity contribution in [2.75, 3.05) is 5.32 Å². The summed E-state index contributed by atoms with van der Waals surface area (Å²) in [5.41, 5.74) is 2.99. The second kappa shape index (κ2) is 8.61. The molecule has 2 nitrogen and oxygen atoms in total. The van der Waals surface area contributed by atoms with E-state index in [-0.39, 0.29) is 0 Å². The van der Waals surface area contributed by atoms with E-state index < -0.39 is 0 Å². The molecular weight excluding hydrogens is 421 g/mol. The summed E-state index contributed by atoms with van der Waals surface area (Å²) in [6.07, 6.45) is 0. The summed E-state index contributed by atoms with van der Waals surface area (Å²) < 4.78 is 6.92. The highest BCUT2D eigenvalue weighted by molar-refractivity contribution is 9.10. The first-order chi connectivity index (χ1) is 12.1. The van der Waals surface area contributed by atoms with Gasteiger partial charge in [-0.25, -0.2) is 0 Å².